The van der Waals surface area contributed by atoms with Crippen molar-refractivity contribution in [2.75, 3.05) is 24.5 Å². The summed E-state index contributed by atoms with van der Waals surface area (Å²) in [5, 5.41) is 3.44. The molecule has 15 heavy (non-hydrogen) atoms. The van der Waals surface area contributed by atoms with Crippen molar-refractivity contribution >= 4 is 5.95 Å². The van der Waals surface area contributed by atoms with E-state index < -0.39 is 0 Å². The average Bonchev–Trinajstić information content (AvgIpc) is 2.77. The highest BCUT2D eigenvalue weighted by Gasteiger charge is 2.38. The quantitative estimate of drug-likeness (QED) is 0.726. The average molecular weight is 204 g/mol. The van der Waals surface area contributed by atoms with Crippen molar-refractivity contribution in [1.29, 1.82) is 0 Å². The van der Waals surface area contributed by atoms with Crippen LogP contribution >= 0.6 is 0 Å². The first-order valence-corrected chi connectivity index (χ1v) is 5.61. The van der Waals surface area contributed by atoms with E-state index in [1.54, 1.807) is 0 Å². The van der Waals surface area contributed by atoms with E-state index in [1.807, 2.05) is 19.2 Å². The second kappa shape index (κ2) is 3.45. The van der Waals surface area contributed by atoms with Gasteiger partial charge in [0.25, 0.3) is 0 Å². The molecule has 2 saturated heterocycles. The molecule has 4 nitrogen and oxygen atoms in total. The van der Waals surface area contributed by atoms with E-state index in [0.29, 0.717) is 6.04 Å². The molecule has 0 aromatic carbocycles. The summed E-state index contributed by atoms with van der Waals surface area (Å²) in [5.41, 5.74) is 1.05. The van der Waals surface area contributed by atoms with Gasteiger partial charge in [0.15, 0.2) is 0 Å². The molecule has 2 atom stereocenters. The molecule has 1 N–H and O–H groups in total. The van der Waals surface area contributed by atoms with Crippen LogP contribution in [0.3, 0.4) is 0 Å². The molecule has 80 valence electrons. The van der Waals surface area contributed by atoms with Crippen LogP contribution in [0.5, 0.6) is 0 Å². The maximum atomic E-state index is 4.50. The van der Waals surface area contributed by atoms with Gasteiger partial charge in [-0.05, 0) is 25.3 Å². The summed E-state index contributed by atoms with van der Waals surface area (Å²) in [6.45, 7) is 5.38. The normalized spacial score (nSPS) is 29.5. The fourth-order valence-corrected chi connectivity index (χ4v) is 2.67. The van der Waals surface area contributed by atoms with Crippen molar-refractivity contribution in [1.82, 2.24) is 15.3 Å². The first-order valence-electron chi connectivity index (χ1n) is 5.61. The summed E-state index contributed by atoms with van der Waals surface area (Å²) in [6, 6.07) is 2.57. The summed E-state index contributed by atoms with van der Waals surface area (Å²) in [6.07, 6.45) is 3.13. The maximum Gasteiger partial charge on any atom is 0.225 e. The highest BCUT2D eigenvalue weighted by molar-refractivity contribution is 5.35. The second-order valence-electron chi connectivity index (χ2n) is 4.47. The molecule has 0 spiro atoms. The lowest BCUT2D eigenvalue weighted by Gasteiger charge is -2.23. The molecule has 2 aliphatic heterocycles. The van der Waals surface area contributed by atoms with E-state index in [9.17, 15) is 0 Å². The number of fused-ring (bicyclic) bond motifs is 1. The van der Waals surface area contributed by atoms with Crippen LogP contribution in [-0.2, 0) is 0 Å². The third kappa shape index (κ3) is 1.49. The lowest BCUT2D eigenvalue weighted by molar-refractivity contribution is 0.575. The minimum absolute atomic E-state index is 0.617. The number of aryl methyl sites for hydroxylation is 1. The van der Waals surface area contributed by atoms with Gasteiger partial charge in [-0.1, -0.05) is 0 Å². The molecular formula is C11H16N4. The Morgan fingerprint density at radius 3 is 3.27 bits per heavy atom. The molecule has 2 aliphatic rings. The van der Waals surface area contributed by atoms with Crippen molar-refractivity contribution in [3.63, 3.8) is 0 Å². The number of rotatable bonds is 1. The predicted octanol–water partition coefficient (Wildman–Crippen LogP) is 0.583. The molecule has 4 heteroatoms. The minimum Gasteiger partial charge on any atom is -0.336 e. The van der Waals surface area contributed by atoms with Gasteiger partial charge in [0.2, 0.25) is 5.95 Å². The summed E-state index contributed by atoms with van der Waals surface area (Å²) in [7, 11) is 0. The molecule has 1 aromatic heterocycles. The third-order valence-corrected chi connectivity index (χ3v) is 3.48. The van der Waals surface area contributed by atoms with Crippen LogP contribution in [0.25, 0.3) is 0 Å². The molecule has 0 saturated carbocycles. The number of hydrogen-bond donors (Lipinski definition) is 1. The largest absolute Gasteiger partial charge is 0.336 e. The van der Waals surface area contributed by atoms with E-state index >= 15 is 0 Å². The van der Waals surface area contributed by atoms with Gasteiger partial charge in [0, 0.05) is 37.6 Å². The first kappa shape index (κ1) is 9.09. The fraction of sp³-hybridized carbons (Fsp3) is 0.636. The molecule has 0 amide bonds. The SMILES string of the molecule is Cc1ccnc(N2CC[C@H]3CNC[C@H]32)n1. The lowest BCUT2D eigenvalue weighted by Crippen LogP contribution is -2.35. The van der Waals surface area contributed by atoms with Gasteiger partial charge in [-0.3, -0.25) is 0 Å². The zero-order chi connectivity index (χ0) is 10.3. The molecule has 0 aliphatic carbocycles. The van der Waals surface area contributed by atoms with Crippen LogP contribution in [0, 0.1) is 12.8 Å². The number of anilines is 1. The zero-order valence-corrected chi connectivity index (χ0v) is 8.98. The Balaban J connectivity index is 1.88. The Hall–Kier alpha value is -1.16. The number of aromatic nitrogens is 2. The van der Waals surface area contributed by atoms with Crippen molar-refractivity contribution < 1.29 is 0 Å². The van der Waals surface area contributed by atoms with Crippen molar-refractivity contribution in [3.8, 4) is 0 Å². The monoisotopic (exact) mass is 204 g/mol. The zero-order valence-electron chi connectivity index (χ0n) is 8.98. The summed E-state index contributed by atoms with van der Waals surface area (Å²) >= 11 is 0. The van der Waals surface area contributed by atoms with E-state index in [4.69, 9.17) is 0 Å². The summed E-state index contributed by atoms with van der Waals surface area (Å²) in [5.74, 6) is 1.71. The molecule has 3 rings (SSSR count). The molecule has 0 bridgehead atoms. The molecular weight excluding hydrogens is 188 g/mol. The van der Waals surface area contributed by atoms with Crippen molar-refractivity contribution in [2.24, 2.45) is 5.92 Å². The van der Waals surface area contributed by atoms with Crippen LogP contribution in [0.15, 0.2) is 12.3 Å². The lowest BCUT2D eigenvalue weighted by atomic mass is 10.1. The smallest absolute Gasteiger partial charge is 0.225 e. The van der Waals surface area contributed by atoms with E-state index in [1.165, 1.54) is 6.42 Å². The van der Waals surface area contributed by atoms with Gasteiger partial charge in [-0.25, -0.2) is 9.97 Å². The van der Waals surface area contributed by atoms with E-state index in [2.05, 4.69) is 20.2 Å². The standard InChI is InChI=1S/C11H16N4/c1-8-2-4-13-11(14-8)15-5-3-9-6-12-7-10(9)15/h2,4,9-10,12H,3,5-7H2,1H3/t9-,10+/m0/s1. The van der Waals surface area contributed by atoms with Crippen LogP contribution < -0.4 is 10.2 Å². The number of nitrogens with one attached hydrogen (secondary N) is 1. The Labute approximate surface area is 89.7 Å². The molecule has 0 unspecified atom stereocenters. The van der Waals surface area contributed by atoms with Crippen LogP contribution in [-0.4, -0.2) is 35.6 Å². The predicted molar refractivity (Wildman–Crippen MR) is 58.9 cm³/mol. The topological polar surface area (TPSA) is 41.1 Å². The minimum atomic E-state index is 0.617. The highest BCUT2D eigenvalue weighted by atomic mass is 15.3. The van der Waals surface area contributed by atoms with Gasteiger partial charge in [0.05, 0.1) is 0 Å². The first-order chi connectivity index (χ1) is 7.34. The van der Waals surface area contributed by atoms with Gasteiger partial charge in [0.1, 0.15) is 0 Å². The van der Waals surface area contributed by atoms with Gasteiger partial charge in [-0.2, -0.15) is 0 Å². The van der Waals surface area contributed by atoms with E-state index in [0.717, 1.165) is 37.2 Å². The van der Waals surface area contributed by atoms with Crippen LogP contribution in [0.4, 0.5) is 5.95 Å². The van der Waals surface area contributed by atoms with Crippen LogP contribution in [0.2, 0.25) is 0 Å². The Morgan fingerprint density at radius 1 is 1.47 bits per heavy atom. The molecule has 0 radical (unpaired) electrons. The van der Waals surface area contributed by atoms with Crippen molar-refractivity contribution in [2.45, 2.75) is 19.4 Å². The van der Waals surface area contributed by atoms with Crippen LogP contribution in [0.1, 0.15) is 12.1 Å². The summed E-state index contributed by atoms with van der Waals surface area (Å²) < 4.78 is 0. The molecule has 2 fully saturated rings. The number of nitrogens with zero attached hydrogens (tertiary/aromatic N) is 3. The second-order valence-corrected chi connectivity index (χ2v) is 4.47. The van der Waals surface area contributed by atoms with Gasteiger partial charge in [-0.15, -0.1) is 0 Å². The molecule has 3 heterocycles. The Morgan fingerprint density at radius 2 is 2.40 bits per heavy atom. The Kier molecular flexibility index (Phi) is 2.09. The Bertz CT molecular complexity index is 365. The highest BCUT2D eigenvalue weighted by Crippen LogP contribution is 2.29. The van der Waals surface area contributed by atoms with Crippen molar-refractivity contribution in [3.05, 3.63) is 18.0 Å². The van der Waals surface area contributed by atoms with E-state index in [-0.39, 0.29) is 0 Å². The van der Waals surface area contributed by atoms with Gasteiger partial charge < -0.3 is 10.2 Å². The maximum absolute atomic E-state index is 4.50. The van der Waals surface area contributed by atoms with Gasteiger partial charge >= 0.3 is 0 Å². The number of hydrogen-bond acceptors (Lipinski definition) is 4. The fourth-order valence-electron chi connectivity index (χ4n) is 2.67. The summed E-state index contributed by atoms with van der Waals surface area (Å²) in [4.78, 5) is 11.2. The third-order valence-electron chi connectivity index (χ3n) is 3.48. The molecule has 1 aromatic rings.